The molecule has 0 bridgehead atoms. The topological polar surface area (TPSA) is 50.4 Å². The van der Waals surface area contributed by atoms with Crippen LogP contribution in [0.25, 0.3) is 0 Å². The Kier molecular flexibility index (Phi) is 4.76. The molecule has 1 atom stereocenters. The third-order valence-electron chi connectivity index (χ3n) is 1.26. The zero-order valence-electron chi connectivity index (χ0n) is 6.28. The number of ether oxygens (including phenoxy) is 1. The lowest BCUT2D eigenvalue weighted by Gasteiger charge is -2.22. The molecule has 4 nitrogen and oxygen atoms in total. The van der Waals surface area contributed by atoms with Crippen molar-refractivity contribution in [3.05, 3.63) is 0 Å². The number of nitrogens with one attached hydrogen (secondary N) is 2. The van der Waals surface area contributed by atoms with E-state index in [-0.39, 0.29) is 6.54 Å². The second-order valence-corrected chi connectivity index (χ2v) is 2.68. The van der Waals surface area contributed by atoms with E-state index < -0.39 is 11.5 Å². The van der Waals surface area contributed by atoms with Crippen molar-refractivity contribution in [1.29, 1.82) is 0 Å². The van der Waals surface area contributed by atoms with Crippen LogP contribution in [-0.4, -0.2) is 25.2 Å². The molecule has 0 spiro atoms. The van der Waals surface area contributed by atoms with Crippen molar-refractivity contribution in [2.24, 2.45) is 0 Å². The lowest BCUT2D eigenvalue weighted by molar-refractivity contribution is -0.146. The number of hydrogen-bond acceptors (Lipinski definition) is 4. The molecule has 0 aliphatic heterocycles. The van der Waals surface area contributed by atoms with Gasteiger partial charge in [0.1, 0.15) is 5.54 Å². The lowest BCUT2D eigenvalue weighted by Crippen LogP contribution is -2.51. The van der Waals surface area contributed by atoms with Crippen LogP contribution in [0.1, 0.15) is 6.92 Å². The van der Waals surface area contributed by atoms with Crippen LogP contribution in [0.15, 0.2) is 0 Å². The quantitative estimate of drug-likeness (QED) is 0.510. The Balaban J connectivity index is 4.19. The molecule has 0 aliphatic carbocycles. The predicted molar refractivity (Wildman–Crippen MR) is 43.3 cm³/mol. The number of carbonyl (C=O) groups excluding carboxylic acids is 1. The first-order valence-corrected chi connectivity index (χ1v) is 3.66. The molecule has 0 rings (SSSR count). The Hall–Kier alpha value is -0.0300. The second kappa shape index (κ2) is 4.77. The number of hydrogen-bond donors (Lipinski definition) is 2. The number of carbonyl (C=O) groups is 1. The van der Waals surface area contributed by atoms with E-state index in [0.717, 1.165) is 0 Å². The van der Waals surface area contributed by atoms with Gasteiger partial charge in [-0.25, -0.2) is 14.5 Å². The summed E-state index contributed by atoms with van der Waals surface area (Å²) in [6, 6.07) is 0. The van der Waals surface area contributed by atoms with Gasteiger partial charge in [-0.05, 0) is 30.5 Å². The summed E-state index contributed by atoms with van der Waals surface area (Å²) >= 11 is 10.5. The Morgan fingerprint density at radius 2 is 2.18 bits per heavy atom. The third kappa shape index (κ3) is 2.83. The van der Waals surface area contributed by atoms with Gasteiger partial charge in [0, 0.05) is 6.54 Å². The minimum absolute atomic E-state index is 0.185. The molecule has 0 aliphatic rings. The zero-order valence-corrected chi connectivity index (χ0v) is 7.79. The van der Waals surface area contributed by atoms with Gasteiger partial charge in [-0.2, -0.15) is 0 Å². The summed E-state index contributed by atoms with van der Waals surface area (Å²) in [4.78, 5) is 15.6. The number of halogens is 2. The average Bonchev–Trinajstić information content (AvgIpc) is 2.03. The average molecular weight is 201 g/mol. The van der Waals surface area contributed by atoms with Crippen LogP contribution in [-0.2, 0) is 9.53 Å². The van der Waals surface area contributed by atoms with Gasteiger partial charge >= 0.3 is 5.97 Å². The van der Waals surface area contributed by atoms with E-state index in [1.165, 1.54) is 7.11 Å². The van der Waals surface area contributed by atoms with Crippen LogP contribution in [0, 0.1) is 0 Å². The van der Waals surface area contributed by atoms with Crippen LogP contribution in [0.3, 0.4) is 0 Å². The van der Waals surface area contributed by atoms with Gasteiger partial charge in [-0.15, -0.1) is 0 Å². The molecule has 0 fully saturated rings. The van der Waals surface area contributed by atoms with Gasteiger partial charge in [0.05, 0.1) is 7.11 Å². The van der Waals surface area contributed by atoms with Gasteiger partial charge in [-0.3, -0.25) is 0 Å². The molecule has 0 saturated heterocycles. The molecular formula is C5H10Cl2N2O2. The minimum Gasteiger partial charge on any atom is -0.468 e. The molecule has 0 aromatic heterocycles. The number of esters is 1. The van der Waals surface area contributed by atoms with Crippen molar-refractivity contribution in [3.8, 4) is 0 Å². The van der Waals surface area contributed by atoms with E-state index in [0.29, 0.717) is 0 Å². The molecule has 1 unspecified atom stereocenters. The van der Waals surface area contributed by atoms with E-state index in [2.05, 4.69) is 14.4 Å². The van der Waals surface area contributed by atoms with E-state index >= 15 is 0 Å². The highest BCUT2D eigenvalue weighted by molar-refractivity contribution is 6.16. The Morgan fingerprint density at radius 3 is 2.45 bits per heavy atom. The maximum atomic E-state index is 11.0. The summed E-state index contributed by atoms with van der Waals surface area (Å²) < 4.78 is 4.47. The number of methoxy groups -OCH3 is 1. The SMILES string of the molecule is COC(=O)C(C)(CNCl)NCl. The second-order valence-electron chi connectivity index (χ2n) is 2.23. The molecule has 11 heavy (non-hydrogen) atoms. The maximum Gasteiger partial charge on any atom is 0.328 e. The molecule has 0 heterocycles. The van der Waals surface area contributed by atoms with Crippen molar-refractivity contribution < 1.29 is 9.53 Å². The van der Waals surface area contributed by atoms with Crippen LogP contribution >= 0.6 is 23.6 Å². The Labute approximate surface area is 75.4 Å². The largest absolute Gasteiger partial charge is 0.468 e. The van der Waals surface area contributed by atoms with Crippen molar-refractivity contribution in [2.75, 3.05) is 13.7 Å². The predicted octanol–water partition coefficient (Wildman–Crippen LogP) is 0.405. The fourth-order valence-corrected chi connectivity index (χ4v) is 0.914. The standard InChI is InChI=1S/C5H10Cl2N2O2/c1-5(9-7,3-8-6)4(10)11-2/h8-9H,3H2,1-2H3. The van der Waals surface area contributed by atoms with Crippen LogP contribution in [0.5, 0.6) is 0 Å². The molecule has 66 valence electrons. The van der Waals surface area contributed by atoms with E-state index in [1.807, 2.05) is 0 Å². The number of rotatable bonds is 4. The molecule has 0 aromatic rings. The van der Waals surface area contributed by atoms with Gasteiger partial charge in [0.2, 0.25) is 0 Å². The molecule has 0 radical (unpaired) electrons. The molecule has 0 saturated carbocycles. The van der Waals surface area contributed by atoms with Gasteiger partial charge in [0.15, 0.2) is 0 Å². The Bertz CT molecular complexity index is 144. The molecule has 6 heteroatoms. The monoisotopic (exact) mass is 200 g/mol. The maximum absolute atomic E-state index is 11.0. The van der Waals surface area contributed by atoms with Crippen LogP contribution in [0.4, 0.5) is 0 Å². The summed E-state index contributed by atoms with van der Waals surface area (Å²) in [5.41, 5.74) is -0.988. The summed E-state index contributed by atoms with van der Waals surface area (Å²) in [5.74, 6) is -0.472. The highest BCUT2D eigenvalue weighted by atomic mass is 35.5. The summed E-state index contributed by atoms with van der Waals surface area (Å²) in [7, 11) is 1.28. The van der Waals surface area contributed by atoms with Crippen LogP contribution < -0.4 is 9.67 Å². The first-order chi connectivity index (χ1) is 5.10. The fraction of sp³-hybridized carbons (Fsp3) is 0.800. The first-order valence-electron chi connectivity index (χ1n) is 2.90. The molecule has 2 N–H and O–H groups in total. The molecular weight excluding hydrogens is 191 g/mol. The van der Waals surface area contributed by atoms with E-state index in [9.17, 15) is 4.79 Å². The normalized spacial score (nSPS) is 15.6. The van der Waals surface area contributed by atoms with Gasteiger partial charge in [-0.1, -0.05) is 0 Å². The highest BCUT2D eigenvalue weighted by Gasteiger charge is 2.33. The summed E-state index contributed by atoms with van der Waals surface area (Å²) in [6.07, 6.45) is 0. The minimum atomic E-state index is -0.988. The van der Waals surface area contributed by atoms with Crippen LogP contribution in [0.2, 0.25) is 0 Å². The van der Waals surface area contributed by atoms with Crippen molar-refractivity contribution in [1.82, 2.24) is 9.67 Å². The van der Waals surface area contributed by atoms with Crippen molar-refractivity contribution in [3.63, 3.8) is 0 Å². The lowest BCUT2D eigenvalue weighted by atomic mass is 10.1. The zero-order chi connectivity index (χ0) is 8.91. The van der Waals surface area contributed by atoms with Crippen molar-refractivity contribution >= 4 is 29.5 Å². The third-order valence-corrected chi connectivity index (χ3v) is 1.82. The fourth-order valence-electron chi connectivity index (χ4n) is 0.503. The van der Waals surface area contributed by atoms with Gasteiger partial charge in [0.25, 0.3) is 0 Å². The highest BCUT2D eigenvalue weighted by Crippen LogP contribution is 2.05. The Morgan fingerprint density at radius 1 is 1.64 bits per heavy atom. The van der Waals surface area contributed by atoms with E-state index in [4.69, 9.17) is 23.6 Å². The van der Waals surface area contributed by atoms with E-state index in [1.54, 1.807) is 6.92 Å². The summed E-state index contributed by atoms with van der Waals surface area (Å²) in [6.45, 7) is 1.76. The summed E-state index contributed by atoms with van der Waals surface area (Å²) in [5, 5.41) is 0. The molecule has 0 amide bonds. The smallest absolute Gasteiger partial charge is 0.328 e. The van der Waals surface area contributed by atoms with Crippen molar-refractivity contribution in [2.45, 2.75) is 12.5 Å². The first kappa shape index (κ1) is 11.0. The molecule has 0 aromatic carbocycles. The van der Waals surface area contributed by atoms with Gasteiger partial charge < -0.3 is 4.74 Å².